The summed E-state index contributed by atoms with van der Waals surface area (Å²) in [6.07, 6.45) is 0.534. The molecule has 5 heteroatoms. The highest BCUT2D eigenvalue weighted by Crippen LogP contribution is 2.52. The minimum absolute atomic E-state index is 0.151. The van der Waals surface area contributed by atoms with Crippen LogP contribution in [0.4, 0.5) is 0 Å². The first-order valence-electron chi connectivity index (χ1n) is 8.20. The van der Waals surface area contributed by atoms with E-state index < -0.39 is 11.6 Å². The largest absolute Gasteiger partial charge is 0.508 e. The predicted molar refractivity (Wildman–Crippen MR) is 98.0 cm³/mol. The second-order valence-electron chi connectivity index (χ2n) is 6.66. The fraction of sp³-hybridized carbons (Fsp3) is 0.0952. The Hall–Kier alpha value is -2.92. The van der Waals surface area contributed by atoms with Crippen molar-refractivity contribution in [3.05, 3.63) is 88.0 Å². The lowest BCUT2D eigenvalue weighted by molar-refractivity contribution is 0.0240. The van der Waals surface area contributed by atoms with Gasteiger partial charge >= 0.3 is 5.97 Å². The fourth-order valence-electron chi connectivity index (χ4n) is 4.15. The van der Waals surface area contributed by atoms with Crippen molar-refractivity contribution < 1.29 is 19.7 Å². The van der Waals surface area contributed by atoms with Crippen LogP contribution < -0.4 is 0 Å². The van der Waals surface area contributed by atoms with Crippen molar-refractivity contribution in [3.63, 3.8) is 0 Å². The lowest BCUT2D eigenvalue weighted by Gasteiger charge is -2.37. The Morgan fingerprint density at radius 1 is 0.846 bits per heavy atom. The summed E-state index contributed by atoms with van der Waals surface area (Å²) in [7, 11) is 0. The number of phenols is 2. The zero-order valence-corrected chi connectivity index (χ0v) is 14.5. The van der Waals surface area contributed by atoms with Gasteiger partial charge in [0.2, 0.25) is 0 Å². The predicted octanol–water partition coefficient (Wildman–Crippen LogP) is 3.75. The Bertz CT molecular complexity index is 1050. The molecular formula is C21H14O4S. The number of carbonyl (C=O) groups is 1. The molecule has 0 atom stereocenters. The van der Waals surface area contributed by atoms with E-state index in [1.165, 1.54) is 0 Å². The van der Waals surface area contributed by atoms with E-state index in [2.05, 4.69) is 12.6 Å². The molecule has 2 aliphatic rings. The van der Waals surface area contributed by atoms with Crippen LogP contribution in [0.25, 0.3) is 0 Å². The van der Waals surface area contributed by atoms with Crippen LogP contribution in [0.1, 0.15) is 38.2 Å². The molecule has 0 unspecified atom stereocenters. The molecule has 5 rings (SSSR count). The Balaban J connectivity index is 1.90. The average Bonchev–Trinajstić information content (AvgIpc) is 2.87. The van der Waals surface area contributed by atoms with Crippen molar-refractivity contribution in [2.75, 3.05) is 0 Å². The summed E-state index contributed by atoms with van der Waals surface area (Å²) in [6, 6.07) is 15.6. The number of phenolic OH excluding ortho intramolecular Hbond substituents is 2. The molecule has 3 aromatic rings. The van der Waals surface area contributed by atoms with Crippen molar-refractivity contribution >= 4 is 18.6 Å². The minimum atomic E-state index is -1.09. The first-order valence-corrected chi connectivity index (χ1v) is 8.65. The van der Waals surface area contributed by atoms with E-state index in [0.717, 1.165) is 27.8 Å². The molecule has 1 aliphatic carbocycles. The van der Waals surface area contributed by atoms with Gasteiger partial charge in [-0.05, 0) is 53.9 Å². The summed E-state index contributed by atoms with van der Waals surface area (Å²) < 4.78 is 6.01. The fourth-order valence-corrected chi connectivity index (χ4v) is 4.35. The molecule has 2 N–H and O–H groups in total. The van der Waals surface area contributed by atoms with Crippen molar-refractivity contribution in [2.45, 2.75) is 16.9 Å². The summed E-state index contributed by atoms with van der Waals surface area (Å²) in [5, 5.41) is 19.9. The van der Waals surface area contributed by atoms with Crippen LogP contribution in [0.3, 0.4) is 0 Å². The van der Waals surface area contributed by atoms with Crippen LogP contribution in [0.5, 0.6) is 11.5 Å². The number of fused-ring (bicyclic) bond motifs is 6. The highest BCUT2D eigenvalue weighted by molar-refractivity contribution is 7.80. The van der Waals surface area contributed by atoms with Crippen LogP contribution in [-0.2, 0) is 16.8 Å². The number of esters is 1. The third-order valence-electron chi connectivity index (χ3n) is 5.17. The van der Waals surface area contributed by atoms with E-state index in [1.54, 1.807) is 42.5 Å². The third-order valence-corrected chi connectivity index (χ3v) is 5.44. The van der Waals surface area contributed by atoms with E-state index >= 15 is 0 Å². The normalized spacial score (nSPS) is 16.0. The Morgan fingerprint density at radius 2 is 1.42 bits per heavy atom. The molecule has 0 aromatic heterocycles. The molecule has 0 fully saturated rings. The summed E-state index contributed by atoms with van der Waals surface area (Å²) in [4.78, 5) is 13.4. The highest BCUT2D eigenvalue weighted by Gasteiger charge is 2.52. The van der Waals surface area contributed by atoms with Crippen LogP contribution in [-0.4, -0.2) is 16.2 Å². The number of ether oxygens (including phenoxy) is 1. The number of hydrogen-bond acceptors (Lipinski definition) is 5. The number of benzene rings is 3. The molecule has 0 radical (unpaired) electrons. The first kappa shape index (κ1) is 15.3. The Labute approximate surface area is 155 Å². The standard InChI is InChI=1S/C21H14O4S/c22-13-1-4-17-11(8-13)7-12-9-14(23)2-5-18(12)21(17)19-6-3-15(26)10-16(19)20(24)25-21/h1-6,8-10,22-23,26H,7H2. The second kappa shape index (κ2) is 5.05. The van der Waals surface area contributed by atoms with E-state index in [0.29, 0.717) is 16.9 Å². The molecule has 1 heterocycles. The zero-order chi connectivity index (χ0) is 18.1. The van der Waals surface area contributed by atoms with Crippen molar-refractivity contribution in [1.29, 1.82) is 0 Å². The SMILES string of the molecule is O=C1OC2(c3ccc(O)cc3Cc3cc(O)ccc32)c2ccc(S)cc21. The topological polar surface area (TPSA) is 66.8 Å². The van der Waals surface area contributed by atoms with Crippen LogP contribution >= 0.6 is 12.6 Å². The van der Waals surface area contributed by atoms with Crippen LogP contribution in [0.15, 0.2) is 59.5 Å². The van der Waals surface area contributed by atoms with Crippen molar-refractivity contribution in [3.8, 4) is 11.5 Å². The molecule has 1 aliphatic heterocycles. The van der Waals surface area contributed by atoms with Crippen LogP contribution in [0.2, 0.25) is 0 Å². The van der Waals surface area contributed by atoms with Crippen molar-refractivity contribution in [2.24, 2.45) is 0 Å². The van der Waals surface area contributed by atoms with E-state index in [9.17, 15) is 15.0 Å². The van der Waals surface area contributed by atoms with Gasteiger partial charge in [-0.15, -0.1) is 12.6 Å². The summed E-state index contributed by atoms with van der Waals surface area (Å²) >= 11 is 4.34. The highest BCUT2D eigenvalue weighted by atomic mass is 32.1. The van der Waals surface area contributed by atoms with E-state index in [-0.39, 0.29) is 11.5 Å². The lowest BCUT2D eigenvalue weighted by atomic mass is 9.71. The van der Waals surface area contributed by atoms with Gasteiger partial charge in [0.15, 0.2) is 5.60 Å². The Morgan fingerprint density at radius 3 is 2.04 bits per heavy atom. The van der Waals surface area contributed by atoms with E-state index in [1.807, 2.05) is 12.1 Å². The van der Waals surface area contributed by atoms with Gasteiger partial charge in [0.1, 0.15) is 11.5 Å². The third kappa shape index (κ3) is 1.89. The summed E-state index contributed by atoms with van der Waals surface area (Å²) in [5.74, 6) is -0.105. The molecule has 0 saturated carbocycles. The smallest absolute Gasteiger partial charge is 0.340 e. The monoisotopic (exact) mass is 362 g/mol. The van der Waals surface area contributed by atoms with Gasteiger partial charge in [0, 0.05) is 21.6 Å². The maximum Gasteiger partial charge on any atom is 0.340 e. The number of thiol groups is 1. The van der Waals surface area contributed by atoms with Gasteiger partial charge in [-0.2, -0.15) is 0 Å². The van der Waals surface area contributed by atoms with Gasteiger partial charge in [0.25, 0.3) is 0 Å². The number of aromatic hydroxyl groups is 2. The van der Waals surface area contributed by atoms with Gasteiger partial charge < -0.3 is 14.9 Å². The molecule has 0 bridgehead atoms. The van der Waals surface area contributed by atoms with E-state index in [4.69, 9.17) is 4.74 Å². The lowest BCUT2D eigenvalue weighted by Crippen LogP contribution is -2.34. The molecule has 4 nitrogen and oxygen atoms in total. The molecular weight excluding hydrogens is 348 g/mol. The van der Waals surface area contributed by atoms with Gasteiger partial charge in [-0.25, -0.2) is 4.79 Å². The summed E-state index contributed by atoms with van der Waals surface area (Å²) in [5.41, 5.74) is 3.52. The molecule has 0 saturated heterocycles. The molecule has 26 heavy (non-hydrogen) atoms. The molecule has 1 spiro atoms. The molecule has 3 aromatic carbocycles. The number of carbonyl (C=O) groups excluding carboxylic acids is 1. The van der Waals surface area contributed by atoms with Gasteiger partial charge in [-0.3, -0.25) is 0 Å². The quantitative estimate of drug-likeness (QED) is 0.421. The number of hydrogen-bond donors (Lipinski definition) is 3. The molecule has 128 valence electrons. The van der Waals surface area contributed by atoms with Gasteiger partial charge in [0.05, 0.1) is 5.56 Å². The van der Waals surface area contributed by atoms with Gasteiger partial charge in [-0.1, -0.05) is 18.2 Å². The number of rotatable bonds is 0. The maximum atomic E-state index is 12.7. The Kier molecular flexibility index (Phi) is 2.98. The van der Waals surface area contributed by atoms with Crippen LogP contribution in [0, 0.1) is 0 Å². The maximum absolute atomic E-state index is 12.7. The zero-order valence-electron chi connectivity index (χ0n) is 13.6. The first-order chi connectivity index (χ1) is 12.5. The summed E-state index contributed by atoms with van der Waals surface area (Å²) in [6.45, 7) is 0. The van der Waals surface area contributed by atoms with Crippen molar-refractivity contribution in [1.82, 2.24) is 0 Å². The second-order valence-corrected chi connectivity index (χ2v) is 7.18. The molecule has 0 amide bonds. The average molecular weight is 362 g/mol. The minimum Gasteiger partial charge on any atom is -0.508 e.